The second-order valence-electron chi connectivity index (χ2n) is 4.56. The van der Waals surface area contributed by atoms with Gasteiger partial charge in [-0.15, -0.1) is 11.3 Å². The normalized spacial score (nSPS) is 10.6. The van der Waals surface area contributed by atoms with Crippen LogP contribution in [-0.2, 0) is 17.8 Å². The molecule has 0 saturated carbocycles. The van der Waals surface area contributed by atoms with Crippen molar-refractivity contribution >= 4 is 27.7 Å². The van der Waals surface area contributed by atoms with Gasteiger partial charge in [-0.05, 0) is 35.2 Å². The van der Waals surface area contributed by atoms with E-state index in [0.717, 1.165) is 27.2 Å². The summed E-state index contributed by atoms with van der Waals surface area (Å²) in [4.78, 5) is 11.7. The Bertz CT molecular complexity index is 716. The lowest BCUT2D eigenvalue weighted by Gasteiger charge is -2.06. The van der Waals surface area contributed by atoms with Crippen LogP contribution < -0.4 is 4.74 Å². The minimum absolute atomic E-state index is 0.486. The molecule has 3 aromatic rings. The number of benzene rings is 2. The highest BCUT2D eigenvalue weighted by atomic mass is 32.1. The summed E-state index contributed by atoms with van der Waals surface area (Å²) >= 11 is 1.65. The second-order valence-corrected chi connectivity index (χ2v) is 5.73. The summed E-state index contributed by atoms with van der Waals surface area (Å²) in [6, 6.07) is 18.2. The van der Waals surface area contributed by atoms with Crippen LogP contribution in [0.2, 0.25) is 0 Å². The first kappa shape index (κ1) is 12.9. The summed E-state index contributed by atoms with van der Waals surface area (Å²) in [6.07, 6.45) is 1.43. The van der Waals surface area contributed by atoms with Crippen LogP contribution in [0.5, 0.6) is 5.75 Å². The quantitative estimate of drug-likeness (QED) is 0.655. The molecule has 100 valence electrons. The van der Waals surface area contributed by atoms with E-state index in [-0.39, 0.29) is 0 Å². The van der Waals surface area contributed by atoms with Gasteiger partial charge in [-0.2, -0.15) is 0 Å². The smallest absolute Gasteiger partial charge is 0.125 e. The van der Waals surface area contributed by atoms with Gasteiger partial charge < -0.3 is 9.53 Å². The highest BCUT2D eigenvalue weighted by Crippen LogP contribution is 2.29. The standard InChI is InChI=1S/C17H14O2S/c18-9-8-16-10-14-6-7-15(11-17(14)20-16)19-12-13-4-2-1-3-5-13/h1-7,9-11H,8,12H2. The summed E-state index contributed by atoms with van der Waals surface area (Å²) in [5, 5.41) is 1.17. The van der Waals surface area contributed by atoms with Crippen molar-refractivity contribution in [2.45, 2.75) is 13.0 Å². The zero-order valence-corrected chi connectivity index (χ0v) is 11.7. The molecule has 0 saturated heterocycles. The molecule has 1 aromatic heterocycles. The lowest BCUT2D eigenvalue weighted by atomic mass is 10.2. The summed E-state index contributed by atoms with van der Waals surface area (Å²) in [5.74, 6) is 0.862. The Kier molecular flexibility index (Phi) is 3.79. The SMILES string of the molecule is O=CCc1cc2ccc(OCc3ccccc3)cc2s1. The van der Waals surface area contributed by atoms with Gasteiger partial charge in [0.25, 0.3) is 0 Å². The number of hydrogen-bond acceptors (Lipinski definition) is 3. The van der Waals surface area contributed by atoms with Gasteiger partial charge in [0.05, 0.1) is 0 Å². The molecule has 0 amide bonds. The number of aldehydes is 1. The van der Waals surface area contributed by atoms with Crippen molar-refractivity contribution in [3.05, 3.63) is 65.0 Å². The van der Waals surface area contributed by atoms with Crippen molar-refractivity contribution in [2.75, 3.05) is 0 Å². The highest BCUT2D eigenvalue weighted by Gasteiger charge is 2.03. The molecule has 0 aliphatic heterocycles. The summed E-state index contributed by atoms with van der Waals surface area (Å²) in [7, 11) is 0. The highest BCUT2D eigenvalue weighted by molar-refractivity contribution is 7.19. The zero-order valence-electron chi connectivity index (χ0n) is 10.9. The van der Waals surface area contributed by atoms with E-state index in [2.05, 4.69) is 6.07 Å². The van der Waals surface area contributed by atoms with Gasteiger partial charge in [0.2, 0.25) is 0 Å². The molecule has 0 aliphatic rings. The molecule has 0 fully saturated rings. The maximum Gasteiger partial charge on any atom is 0.125 e. The van der Waals surface area contributed by atoms with Crippen LogP contribution in [0.3, 0.4) is 0 Å². The van der Waals surface area contributed by atoms with Crippen molar-refractivity contribution in [1.29, 1.82) is 0 Å². The van der Waals surface area contributed by atoms with Gasteiger partial charge in [0, 0.05) is 16.0 Å². The fourth-order valence-electron chi connectivity index (χ4n) is 2.08. The Morgan fingerprint density at radius 1 is 1.05 bits per heavy atom. The van der Waals surface area contributed by atoms with Crippen LogP contribution in [0.25, 0.3) is 10.1 Å². The van der Waals surface area contributed by atoms with E-state index in [9.17, 15) is 4.79 Å². The first-order valence-corrected chi connectivity index (χ1v) is 7.29. The number of carbonyl (C=O) groups excluding carboxylic acids is 1. The first-order valence-electron chi connectivity index (χ1n) is 6.48. The lowest BCUT2D eigenvalue weighted by molar-refractivity contribution is -0.107. The monoisotopic (exact) mass is 282 g/mol. The number of fused-ring (bicyclic) bond motifs is 1. The Hall–Kier alpha value is -2.13. The molecule has 0 unspecified atom stereocenters. The van der Waals surface area contributed by atoms with E-state index >= 15 is 0 Å². The van der Waals surface area contributed by atoms with Crippen molar-refractivity contribution in [3.8, 4) is 5.75 Å². The van der Waals surface area contributed by atoms with Gasteiger partial charge in [0.15, 0.2) is 0 Å². The third-order valence-electron chi connectivity index (χ3n) is 3.08. The average molecular weight is 282 g/mol. The Balaban J connectivity index is 1.76. The van der Waals surface area contributed by atoms with Gasteiger partial charge >= 0.3 is 0 Å². The average Bonchev–Trinajstić information content (AvgIpc) is 2.88. The van der Waals surface area contributed by atoms with Gasteiger partial charge in [0.1, 0.15) is 18.6 Å². The lowest BCUT2D eigenvalue weighted by Crippen LogP contribution is -1.94. The molecule has 0 atom stereocenters. The molecule has 3 rings (SSSR count). The molecule has 0 aliphatic carbocycles. The molecule has 0 N–H and O–H groups in total. The Morgan fingerprint density at radius 3 is 2.70 bits per heavy atom. The van der Waals surface area contributed by atoms with Crippen molar-refractivity contribution in [1.82, 2.24) is 0 Å². The summed E-state index contributed by atoms with van der Waals surface area (Å²) in [5.41, 5.74) is 1.15. The van der Waals surface area contributed by atoms with Crippen LogP contribution in [0.15, 0.2) is 54.6 Å². The number of thiophene rings is 1. The molecule has 20 heavy (non-hydrogen) atoms. The molecular weight excluding hydrogens is 268 g/mol. The van der Waals surface area contributed by atoms with Crippen LogP contribution in [-0.4, -0.2) is 6.29 Å². The molecule has 1 heterocycles. The minimum Gasteiger partial charge on any atom is -0.489 e. The van der Waals surface area contributed by atoms with Gasteiger partial charge in [-0.1, -0.05) is 30.3 Å². The van der Waals surface area contributed by atoms with Crippen LogP contribution in [0.4, 0.5) is 0 Å². The third kappa shape index (κ3) is 2.89. The maximum atomic E-state index is 10.6. The third-order valence-corrected chi connectivity index (χ3v) is 4.20. The maximum absolute atomic E-state index is 10.6. The van der Waals surface area contributed by atoms with E-state index in [0.29, 0.717) is 13.0 Å². The number of ether oxygens (including phenoxy) is 1. The molecule has 0 spiro atoms. The van der Waals surface area contributed by atoms with Crippen LogP contribution >= 0.6 is 11.3 Å². The minimum atomic E-state index is 0.486. The van der Waals surface area contributed by atoms with E-state index in [1.165, 1.54) is 5.39 Å². The number of rotatable bonds is 5. The van der Waals surface area contributed by atoms with E-state index in [1.807, 2.05) is 48.5 Å². The van der Waals surface area contributed by atoms with Crippen molar-refractivity contribution in [2.24, 2.45) is 0 Å². The van der Waals surface area contributed by atoms with Gasteiger partial charge in [-0.3, -0.25) is 0 Å². The summed E-state index contributed by atoms with van der Waals surface area (Å²) in [6.45, 7) is 0.568. The van der Waals surface area contributed by atoms with Crippen LogP contribution in [0, 0.1) is 0 Å². The fourth-order valence-corrected chi connectivity index (χ4v) is 3.12. The predicted molar refractivity (Wildman–Crippen MR) is 82.4 cm³/mol. The van der Waals surface area contributed by atoms with Crippen LogP contribution in [0.1, 0.15) is 10.4 Å². The fraction of sp³-hybridized carbons (Fsp3) is 0.118. The van der Waals surface area contributed by atoms with E-state index in [1.54, 1.807) is 11.3 Å². The molecule has 2 nitrogen and oxygen atoms in total. The number of hydrogen-bond donors (Lipinski definition) is 0. The largest absolute Gasteiger partial charge is 0.489 e. The van der Waals surface area contributed by atoms with Crippen molar-refractivity contribution < 1.29 is 9.53 Å². The molecule has 2 aromatic carbocycles. The topological polar surface area (TPSA) is 26.3 Å². The van der Waals surface area contributed by atoms with Crippen molar-refractivity contribution in [3.63, 3.8) is 0 Å². The summed E-state index contributed by atoms with van der Waals surface area (Å²) < 4.78 is 6.97. The van der Waals surface area contributed by atoms with Gasteiger partial charge in [-0.25, -0.2) is 0 Å². The van der Waals surface area contributed by atoms with E-state index in [4.69, 9.17) is 4.74 Å². The molecule has 0 radical (unpaired) electrons. The number of carbonyl (C=O) groups is 1. The Labute approximate surface area is 121 Å². The van der Waals surface area contributed by atoms with E-state index < -0.39 is 0 Å². The molecule has 3 heteroatoms. The molecular formula is C17H14O2S. The zero-order chi connectivity index (χ0) is 13.8. The first-order chi connectivity index (χ1) is 9.85. The molecule has 0 bridgehead atoms. The predicted octanol–water partition coefficient (Wildman–Crippen LogP) is 4.22. The second kappa shape index (κ2) is 5.88. The Morgan fingerprint density at radius 2 is 1.90 bits per heavy atom.